The van der Waals surface area contributed by atoms with Crippen LogP contribution in [0.5, 0.6) is 0 Å². The second kappa shape index (κ2) is 11.6. The van der Waals surface area contributed by atoms with E-state index in [1.807, 2.05) is 73.3 Å². The summed E-state index contributed by atoms with van der Waals surface area (Å²) >= 11 is 0. The number of carbonyl (C=O) groups is 1. The van der Waals surface area contributed by atoms with Crippen LogP contribution in [0, 0.1) is 6.92 Å². The lowest BCUT2D eigenvalue weighted by atomic mass is 9.98. The van der Waals surface area contributed by atoms with Gasteiger partial charge in [-0.15, -0.1) is 0 Å². The van der Waals surface area contributed by atoms with Crippen molar-refractivity contribution in [2.24, 2.45) is 4.99 Å². The minimum atomic E-state index is -3.28. The van der Waals surface area contributed by atoms with Crippen molar-refractivity contribution in [2.45, 2.75) is 13.8 Å². The second-order valence-electron chi connectivity index (χ2n) is 9.94. The number of nitrogens with zero attached hydrogens (tertiary/aromatic N) is 4. The van der Waals surface area contributed by atoms with E-state index < -0.39 is 15.9 Å². The number of para-hydroxylation sites is 2. The van der Waals surface area contributed by atoms with Crippen LogP contribution < -0.4 is 20.1 Å². The van der Waals surface area contributed by atoms with Crippen molar-refractivity contribution in [3.05, 3.63) is 107 Å². The summed E-state index contributed by atoms with van der Waals surface area (Å²) in [6, 6.07) is 23.9. The van der Waals surface area contributed by atoms with Gasteiger partial charge in [0.1, 0.15) is 11.5 Å². The first-order valence-corrected chi connectivity index (χ1v) is 15.4. The van der Waals surface area contributed by atoms with Gasteiger partial charge >= 0.3 is 0 Å². The summed E-state index contributed by atoms with van der Waals surface area (Å²) in [5.74, 6) is -0.0805. The van der Waals surface area contributed by atoms with E-state index in [1.54, 1.807) is 24.3 Å². The normalized spacial score (nSPS) is 14.4. The molecule has 0 saturated carbocycles. The average Bonchev–Trinajstić information content (AvgIpc) is 3.31. The van der Waals surface area contributed by atoms with E-state index in [-0.39, 0.29) is 29.0 Å². The molecule has 4 aromatic rings. The van der Waals surface area contributed by atoms with Crippen LogP contribution in [0.4, 0.5) is 22.9 Å². The molecule has 1 aliphatic heterocycles. The van der Waals surface area contributed by atoms with Crippen molar-refractivity contribution in [1.29, 1.82) is 0 Å². The molecule has 5 rings (SSSR count). The van der Waals surface area contributed by atoms with Gasteiger partial charge in [-0.05, 0) is 61.9 Å². The Morgan fingerprint density at radius 3 is 2.21 bits per heavy atom. The fraction of sp³-hybridized carbons (Fsp3) is 0.194. The number of hydrogen-bond donors (Lipinski definition) is 2. The first-order valence-electron chi connectivity index (χ1n) is 13.5. The summed E-state index contributed by atoms with van der Waals surface area (Å²) in [5.41, 5.74) is 3.72. The Hall–Kier alpha value is -4.74. The maximum Gasteiger partial charge on any atom is 0.283 e. The largest absolute Gasteiger partial charge is 0.370 e. The Balaban J connectivity index is 1.56. The molecule has 3 aromatic carbocycles. The molecule has 216 valence electrons. The van der Waals surface area contributed by atoms with E-state index in [4.69, 9.17) is 4.99 Å². The molecule has 0 bridgehead atoms. The van der Waals surface area contributed by atoms with E-state index in [9.17, 15) is 18.0 Å². The summed E-state index contributed by atoms with van der Waals surface area (Å²) in [7, 11) is -3.28. The summed E-state index contributed by atoms with van der Waals surface area (Å²) in [6.07, 6.45) is 1.13. The van der Waals surface area contributed by atoms with Gasteiger partial charge in [0.15, 0.2) is 0 Å². The van der Waals surface area contributed by atoms with Crippen LogP contribution in [0.3, 0.4) is 0 Å². The molecule has 1 aliphatic rings. The van der Waals surface area contributed by atoms with Gasteiger partial charge in [-0.3, -0.25) is 19.6 Å². The van der Waals surface area contributed by atoms with Gasteiger partial charge in [-0.1, -0.05) is 43.0 Å². The van der Waals surface area contributed by atoms with Crippen molar-refractivity contribution in [2.75, 3.05) is 35.7 Å². The van der Waals surface area contributed by atoms with Crippen molar-refractivity contribution in [3.63, 3.8) is 0 Å². The van der Waals surface area contributed by atoms with E-state index >= 15 is 0 Å². The third-order valence-electron chi connectivity index (χ3n) is 7.02. The number of sulfonamides is 1. The number of aromatic amines is 1. The van der Waals surface area contributed by atoms with Crippen LogP contribution >= 0.6 is 0 Å². The topological polar surface area (TPSA) is 120 Å². The first-order chi connectivity index (χ1) is 20.1. The Bertz CT molecular complexity index is 1840. The number of amides is 1. The number of benzene rings is 3. The Morgan fingerprint density at radius 1 is 0.976 bits per heavy atom. The highest BCUT2D eigenvalue weighted by atomic mass is 32.2. The molecule has 1 amide bonds. The number of fused-ring (bicyclic) bond motifs is 1. The van der Waals surface area contributed by atoms with E-state index in [0.29, 0.717) is 36.0 Å². The van der Waals surface area contributed by atoms with Crippen molar-refractivity contribution in [1.82, 2.24) is 14.5 Å². The molecule has 42 heavy (non-hydrogen) atoms. The molecular formula is C31H32N6O4S. The lowest BCUT2D eigenvalue weighted by Gasteiger charge is -2.28. The number of aryl methyl sites for hydroxylation is 1. The smallest absolute Gasteiger partial charge is 0.283 e. The highest BCUT2D eigenvalue weighted by molar-refractivity contribution is 7.88. The standard InChI is InChI=1S/C31H32N6O4S/c1-5-35(19-18-32-42(4,40)41)25-16-17-26(21(2)20-25)33-28-22(3)27-29(36(31(28)39)23-12-8-6-9-13-23)34-37(30(27)38)24-14-10-7-11-15-24/h6-17,20,32,34H,3,5,18-19H2,1-2,4H3. The summed E-state index contributed by atoms with van der Waals surface area (Å²) < 4.78 is 26.8. The highest BCUT2D eigenvalue weighted by Crippen LogP contribution is 2.37. The summed E-state index contributed by atoms with van der Waals surface area (Å²) in [4.78, 5) is 36.0. The van der Waals surface area contributed by atoms with E-state index in [2.05, 4.69) is 16.4 Å². The van der Waals surface area contributed by atoms with Crippen LogP contribution in [0.25, 0.3) is 11.3 Å². The lowest BCUT2D eigenvalue weighted by molar-refractivity contribution is -0.111. The van der Waals surface area contributed by atoms with Gasteiger partial charge in [0.25, 0.3) is 11.5 Å². The fourth-order valence-electron chi connectivity index (χ4n) is 4.93. The van der Waals surface area contributed by atoms with Gasteiger partial charge in [-0.2, -0.15) is 0 Å². The molecule has 0 fully saturated rings. The molecule has 0 aliphatic carbocycles. The second-order valence-corrected chi connectivity index (χ2v) is 11.8. The molecule has 10 nitrogen and oxygen atoms in total. The minimum Gasteiger partial charge on any atom is -0.370 e. The molecule has 11 heteroatoms. The zero-order chi connectivity index (χ0) is 30.0. The maximum absolute atomic E-state index is 14.0. The lowest BCUT2D eigenvalue weighted by Crippen LogP contribution is -2.38. The van der Waals surface area contributed by atoms with E-state index in [1.165, 1.54) is 9.58 Å². The molecule has 0 atom stereocenters. The summed E-state index contributed by atoms with van der Waals surface area (Å²) in [5, 5.41) is 3.12. The van der Waals surface area contributed by atoms with Crippen LogP contribution in [0.1, 0.15) is 18.1 Å². The monoisotopic (exact) mass is 584 g/mol. The molecular weight excluding hydrogens is 552 g/mol. The number of carbonyl (C=O) groups excluding carboxylic acids is 1. The molecule has 0 unspecified atom stereocenters. The number of aliphatic imine (C=N–C) groups is 1. The minimum absolute atomic E-state index is 0.0724. The molecule has 2 heterocycles. The third kappa shape index (κ3) is 5.69. The van der Waals surface area contributed by atoms with Gasteiger partial charge in [0.05, 0.1) is 28.9 Å². The van der Waals surface area contributed by atoms with Crippen molar-refractivity contribution in [3.8, 4) is 5.69 Å². The zero-order valence-corrected chi connectivity index (χ0v) is 24.5. The van der Waals surface area contributed by atoms with Gasteiger partial charge in [0.2, 0.25) is 10.0 Å². The van der Waals surface area contributed by atoms with Crippen LogP contribution in [0.15, 0.2) is 95.2 Å². The number of H-pyrrole nitrogens is 1. The van der Waals surface area contributed by atoms with Crippen molar-refractivity contribution < 1.29 is 13.2 Å². The van der Waals surface area contributed by atoms with Gasteiger partial charge in [-0.25, -0.2) is 22.8 Å². The number of hydrogen-bond acceptors (Lipinski definition) is 6. The molecule has 0 spiro atoms. The van der Waals surface area contributed by atoms with E-state index in [0.717, 1.165) is 17.5 Å². The average molecular weight is 585 g/mol. The Labute approximate surface area is 244 Å². The molecule has 0 saturated heterocycles. The number of nitrogens with one attached hydrogen (secondary N) is 2. The fourth-order valence-corrected chi connectivity index (χ4v) is 5.39. The molecule has 0 radical (unpaired) electrons. The number of rotatable bonds is 9. The Morgan fingerprint density at radius 2 is 1.62 bits per heavy atom. The number of aromatic nitrogens is 2. The van der Waals surface area contributed by atoms with Gasteiger partial charge in [0, 0.05) is 30.9 Å². The highest BCUT2D eigenvalue weighted by Gasteiger charge is 2.38. The zero-order valence-electron chi connectivity index (χ0n) is 23.7. The quantitative estimate of drug-likeness (QED) is 0.304. The van der Waals surface area contributed by atoms with Gasteiger partial charge < -0.3 is 4.90 Å². The van der Waals surface area contributed by atoms with Crippen LogP contribution in [0.2, 0.25) is 0 Å². The van der Waals surface area contributed by atoms with Crippen LogP contribution in [-0.2, 0) is 14.8 Å². The number of anilines is 3. The molecule has 1 aromatic heterocycles. The summed E-state index contributed by atoms with van der Waals surface area (Å²) in [6.45, 7) is 9.46. The van der Waals surface area contributed by atoms with Crippen molar-refractivity contribution >= 4 is 50.1 Å². The SMILES string of the molecule is C=C1C(=Nc2ccc(N(CC)CCNS(C)(=O)=O)cc2C)C(=O)N(c2ccccc2)c2[nH]n(-c3ccccc3)c(=O)c21. The Kier molecular flexibility index (Phi) is 7.97. The maximum atomic E-state index is 14.0. The third-order valence-corrected chi connectivity index (χ3v) is 7.75. The number of likely N-dealkylation sites (N-methyl/N-ethyl adjacent to an activating group) is 1. The molecule has 2 N–H and O–H groups in total. The predicted octanol–water partition coefficient (Wildman–Crippen LogP) is 4.31. The van der Waals surface area contributed by atoms with Crippen LogP contribution in [-0.4, -0.2) is 55.7 Å². The first kappa shape index (κ1) is 28.8. The predicted molar refractivity (Wildman–Crippen MR) is 168 cm³/mol.